The third-order valence-corrected chi connectivity index (χ3v) is 3.87. The highest BCUT2D eigenvalue weighted by atomic mass is 16.5. The number of carbonyl (C=O) groups excluding carboxylic acids is 1. The highest BCUT2D eigenvalue weighted by Gasteiger charge is 2.26. The van der Waals surface area contributed by atoms with Crippen LogP contribution in [0.4, 0.5) is 4.79 Å². The zero-order chi connectivity index (χ0) is 15.7. The Hall–Kier alpha value is -1.34. The molecule has 0 aromatic heterocycles. The van der Waals surface area contributed by atoms with Crippen LogP contribution >= 0.6 is 0 Å². The molecule has 7 heteroatoms. The first-order valence-corrected chi connectivity index (χ1v) is 7.53. The summed E-state index contributed by atoms with van der Waals surface area (Å²) >= 11 is 0. The fraction of sp³-hybridized carbons (Fsp3) is 0.857. The SMILES string of the molecule is CCC(CCNC(=O)N1CCOCC1CO)CCC(=O)O. The molecule has 0 spiro atoms. The van der Waals surface area contributed by atoms with E-state index in [9.17, 15) is 14.7 Å². The van der Waals surface area contributed by atoms with E-state index in [0.717, 1.165) is 12.8 Å². The maximum Gasteiger partial charge on any atom is 0.317 e. The van der Waals surface area contributed by atoms with Crippen molar-refractivity contribution in [2.24, 2.45) is 5.92 Å². The van der Waals surface area contributed by atoms with Gasteiger partial charge in [0.05, 0.1) is 25.9 Å². The normalized spacial score (nSPS) is 20.1. The first-order valence-electron chi connectivity index (χ1n) is 7.53. The number of carbonyl (C=O) groups is 2. The first kappa shape index (κ1) is 17.7. The van der Waals surface area contributed by atoms with Gasteiger partial charge in [0.2, 0.25) is 0 Å². The molecule has 7 nitrogen and oxygen atoms in total. The Balaban J connectivity index is 2.29. The average molecular weight is 302 g/mol. The first-order chi connectivity index (χ1) is 10.1. The average Bonchev–Trinajstić information content (AvgIpc) is 2.50. The minimum atomic E-state index is -0.781. The molecule has 0 radical (unpaired) electrons. The van der Waals surface area contributed by atoms with Crippen LogP contribution in [0.2, 0.25) is 0 Å². The van der Waals surface area contributed by atoms with Crippen LogP contribution in [-0.4, -0.2) is 66.1 Å². The van der Waals surface area contributed by atoms with Crippen LogP contribution in [0, 0.1) is 5.92 Å². The zero-order valence-corrected chi connectivity index (χ0v) is 12.6. The predicted molar refractivity (Wildman–Crippen MR) is 77.1 cm³/mol. The fourth-order valence-corrected chi connectivity index (χ4v) is 2.44. The maximum absolute atomic E-state index is 12.1. The minimum Gasteiger partial charge on any atom is -0.481 e. The Morgan fingerprint density at radius 2 is 2.19 bits per heavy atom. The summed E-state index contributed by atoms with van der Waals surface area (Å²) in [5, 5.41) is 20.8. The molecular weight excluding hydrogens is 276 g/mol. The summed E-state index contributed by atoms with van der Waals surface area (Å²) in [7, 11) is 0. The lowest BCUT2D eigenvalue weighted by atomic mass is 9.97. The molecule has 0 saturated carbocycles. The van der Waals surface area contributed by atoms with Crippen LogP contribution < -0.4 is 5.32 Å². The van der Waals surface area contributed by atoms with Gasteiger partial charge in [0, 0.05) is 19.5 Å². The molecule has 0 bridgehead atoms. The monoisotopic (exact) mass is 302 g/mol. The number of nitrogens with zero attached hydrogens (tertiary/aromatic N) is 1. The highest BCUT2D eigenvalue weighted by Crippen LogP contribution is 2.15. The molecule has 2 unspecified atom stereocenters. The standard InChI is InChI=1S/C14H26N2O5/c1-2-11(3-4-13(18)19)5-6-15-14(20)16-7-8-21-10-12(16)9-17/h11-12,17H,2-10H2,1H3,(H,15,20)(H,18,19). The smallest absolute Gasteiger partial charge is 0.317 e. The molecule has 0 aromatic rings. The molecule has 1 rings (SSSR count). The van der Waals surface area contributed by atoms with Gasteiger partial charge in [-0.2, -0.15) is 0 Å². The molecular formula is C14H26N2O5. The molecule has 1 saturated heterocycles. The summed E-state index contributed by atoms with van der Waals surface area (Å²) in [4.78, 5) is 24.2. The molecule has 122 valence electrons. The minimum absolute atomic E-state index is 0.108. The van der Waals surface area contributed by atoms with Gasteiger partial charge in [-0.25, -0.2) is 4.79 Å². The van der Waals surface area contributed by atoms with Gasteiger partial charge < -0.3 is 25.2 Å². The number of amides is 2. The van der Waals surface area contributed by atoms with E-state index in [-0.39, 0.29) is 25.1 Å². The number of hydrogen-bond acceptors (Lipinski definition) is 4. The third kappa shape index (κ3) is 6.31. The number of aliphatic hydroxyl groups is 1. The van der Waals surface area contributed by atoms with E-state index in [1.165, 1.54) is 0 Å². The number of nitrogens with one attached hydrogen (secondary N) is 1. The van der Waals surface area contributed by atoms with Gasteiger partial charge in [-0.05, 0) is 18.8 Å². The zero-order valence-electron chi connectivity index (χ0n) is 12.6. The van der Waals surface area contributed by atoms with Gasteiger partial charge in [-0.15, -0.1) is 0 Å². The fourth-order valence-electron chi connectivity index (χ4n) is 2.44. The van der Waals surface area contributed by atoms with Crippen LogP contribution in [0.15, 0.2) is 0 Å². The van der Waals surface area contributed by atoms with Crippen molar-refractivity contribution in [1.82, 2.24) is 10.2 Å². The number of ether oxygens (including phenoxy) is 1. The van der Waals surface area contributed by atoms with Crippen molar-refractivity contribution in [2.45, 2.75) is 38.6 Å². The number of rotatable bonds is 8. The van der Waals surface area contributed by atoms with E-state index in [4.69, 9.17) is 9.84 Å². The van der Waals surface area contributed by atoms with Crippen LogP contribution in [0.25, 0.3) is 0 Å². The Labute approximate surface area is 125 Å². The Kier molecular flexibility index (Phi) is 8.07. The summed E-state index contributed by atoms with van der Waals surface area (Å²) < 4.78 is 5.23. The summed E-state index contributed by atoms with van der Waals surface area (Å²) in [5.41, 5.74) is 0. The van der Waals surface area contributed by atoms with Gasteiger partial charge in [0.15, 0.2) is 0 Å². The van der Waals surface area contributed by atoms with Crippen LogP contribution in [0.1, 0.15) is 32.6 Å². The number of urea groups is 1. The second kappa shape index (κ2) is 9.57. The summed E-state index contributed by atoms with van der Waals surface area (Å²) in [6.07, 6.45) is 2.48. The van der Waals surface area contributed by atoms with E-state index >= 15 is 0 Å². The van der Waals surface area contributed by atoms with Gasteiger partial charge in [0.25, 0.3) is 0 Å². The molecule has 0 aromatic carbocycles. The van der Waals surface area contributed by atoms with Crippen molar-refractivity contribution in [3.63, 3.8) is 0 Å². The van der Waals surface area contributed by atoms with E-state index < -0.39 is 5.97 Å². The topological polar surface area (TPSA) is 99.1 Å². The van der Waals surface area contributed by atoms with Crippen LogP contribution in [0.5, 0.6) is 0 Å². The Morgan fingerprint density at radius 1 is 1.43 bits per heavy atom. The molecule has 1 aliphatic heterocycles. The van der Waals surface area contributed by atoms with Crippen LogP contribution in [-0.2, 0) is 9.53 Å². The molecule has 0 aliphatic carbocycles. The lowest BCUT2D eigenvalue weighted by Gasteiger charge is -2.34. The Bertz CT molecular complexity index is 337. The van der Waals surface area contributed by atoms with Crippen molar-refractivity contribution in [1.29, 1.82) is 0 Å². The molecule has 2 amide bonds. The number of carboxylic acids is 1. The quantitative estimate of drug-likeness (QED) is 0.612. The lowest BCUT2D eigenvalue weighted by molar-refractivity contribution is -0.137. The molecule has 1 fully saturated rings. The van der Waals surface area contributed by atoms with Gasteiger partial charge in [-0.3, -0.25) is 4.79 Å². The van der Waals surface area contributed by atoms with Crippen molar-refractivity contribution in [3.05, 3.63) is 0 Å². The maximum atomic E-state index is 12.1. The summed E-state index contributed by atoms with van der Waals surface area (Å²) in [6, 6.07) is -0.474. The molecule has 3 N–H and O–H groups in total. The number of aliphatic hydroxyl groups excluding tert-OH is 1. The van der Waals surface area contributed by atoms with Crippen molar-refractivity contribution in [3.8, 4) is 0 Å². The lowest BCUT2D eigenvalue weighted by Crippen LogP contribution is -2.54. The van der Waals surface area contributed by atoms with E-state index in [1.54, 1.807) is 4.90 Å². The number of aliphatic carboxylic acids is 1. The second-order valence-corrected chi connectivity index (χ2v) is 5.33. The highest BCUT2D eigenvalue weighted by molar-refractivity contribution is 5.74. The Morgan fingerprint density at radius 3 is 2.81 bits per heavy atom. The number of hydrogen-bond donors (Lipinski definition) is 3. The molecule has 1 heterocycles. The second-order valence-electron chi connectivity index (χ2n) is 5.33. The van der Waals surface area contributed by atoms with E-state index in [1.807, 2.05) is 6.92 Å². The van der Waals surface area contributed by atoms with Gasteiger partial charge in [-0.1, -0.05) is 13.3 Å². The summed E-state index contributed by atoms with van der Waals surface area (Å²) in [6.45, 7) is 3.77. The molecule has 2 atom stereocenters. The molecule has 21 heavy (non-hydrogen) atoms. The van der Waals surface area contributed by atoms with Crippen molar-refractivity contribution in [2.75, 3.05) is 32.9 Å². The third-order valence-electron chi connectivity index (χ3n) is 3.87. The van der Waals surface area contributed by atoms with E-state index in [0.29, 0.717) is 38.6 Å². The van der Waals surface area contributed by atoms with Crippen molar-refractivity contribution >= 4 is 12.0 Å². The predicted octanol–water partition coefficient (Wildman–Crippen LogP) is 0.670. The number of carboxylic acid groups (broad SMARTS) is 1. The van der Waals surface area contributed by atoms with Gasteiger partial charge in [0.1, 0.15) is 0 Å². The number of morpholine rings is 1. The van der Waals surface area contributed by atoms with Crippen LogP contribution in [0.3, 0.4) is 0 Å². The largest absolute Gasteiger partial charge is 0.481 e. The van der Waals surface area contributed by atoms with E-state index in [2.05, 4.69) is 5.32 Å². The molecule has 1 aliphatic rings. The van der Waals surface area contributed by atoms with Crippen molar-refractivity contribution < 1.29 is 24.5 Å². The summed E-state index contributed by atoms with van der Waals surface area (Å²) in [5.74, 6) is -0.476. The van der Waals surface area contributed by atoms with Gasteiger partial charge >= 0.3 is 12.0 Å².